The van der Waals surface area contributed by atoms with Gasteiger partial charge in [-0.2, -0.15) is 13.2 Å². The summed E-state index contributed by atoms with van der Waals surface area (Å²) >= 11 is 0. The molecule has 0 aliphatic heterocycles. The predicted molar refractivity (Wildman–Crippen MR) is 52.3 cm³/mol. The van der Waals surface area contributed by atoms with Crippen LogP contribution in [-0.4, -0.2) is 18.1 Å². The van der Waals surface area contributed by atoms with Crippen molar-refractivity contribution in [2.75, 3.05) is 0 Å². The molecule has 0 saturated carbocycles. The first-order valence-electron chi connectivity index (χ1n) is 4.83. The van der Waals surface area contributed by atoms with Crippen molar-refractivity contribution in [3.05, 3.63) is 12.2 Å². The van der Waals surface area contributed by atoms with Gasteiger partial charge in [0.2, 0.25) is 0 Å². The molecule has 0 heterocycles. The molecule has 0 rings (SSSR count). The Hall–Kier alpha value is -1.00. The normalized spacial score (nSPS) is 14.6. The number of amides is 1. The molecule has 5 heteroatoms. The Balaban J connectivity index is 4.43. The second kappa shape index (κ2) is 5.78. The van der Waals surface area contributed by atoms with Crippen LogP contribution in [0.1, 0.15) is 27.2 Å². The zero-order chi connectivity index (χ0) is 12.1. The summed E-state index contributed by atoms with van der Waals surface area (Å²) in [6, 6.07) is -0.570. The van der Waals surface area contributed by atoms with E-state index in [1.165, 1.54) is 0 Å². The molecule has 2 nitrogen and oxygen atoms in total. The maximum Gasteiger partial charge on any atom is 0.471 e. The molecule has 15 heavy (non-hydrogen) atoms. The number of hydrogen-bond donors (Lipinski definition) is 1. The van der Waals surface area contributed by atoms with E-state index in [1.54, 1.807) is 26.0 Å². The first-order chi connectivity index (χ1) is 6.79. The highest BCUT2D eigenvalue weighted by molar-refractivity contribution is 5.82. The molecule has 0 aromatic carbocycles. The number of alkyl halides is 3. The summed E-state index contributed by atoms with van der Waals surface area (Å²) < 4.78 is 35.9. The highest BCUT2D eigenvalue weighted by Gasteiger charge is 2.39. The number of carbonyl (C=O) groups excluding carboxylic acids is 1. The van der Waals surface area contributed by atoms with Gasteiger partial charge >= 0.3 is 12.1 Å². The smallest absolute Gasteiger partial charge is 0.342 e. The molecular weight excluding hydrogens is 207 g/mol. The Morgan fingerprint density at radius 1 is 1.40 bits per heavy atom. The fourth-order valence-corrected chi connectivity index (χ4v) is 0.953. The van der Waals surface area contributed by atoms with E-state index in [9.17, 15) is 18.0 Å². The Kier molecular flexibility index (Phi) is 5.39. The van der Waals surface area contributed by atoms with E-state index in [2.05, 4.69) is 0 Å². The van der Waals surface area contributed by atoms with Crippen LogP contribution >= 0.6 is 0 Å². The molecule has 0 saturated heterocycles. The Bertz CT molecular complexity index is 233. The molecule has 0 aliphatic carbocycles. The van der Waals surface area contributed by atoms with E-state index in [1.807, 2.05) is 12.2 Å². The molecule has 1 amide bonds. The van der Waals surface area contributed by atoms with Crippen molar-refractivity contribution < 1.29 is 18.0 Å². The van der Waals surface area contributed by atoms with Crippen LogP contribution in [0, 0.1) is 5.92 Å². The molecule has 0 aromatic rings. The van der Waals surface area contributed by atoms with Crippen LogP contribution in [0.2, 0.25) is 0 Å². The average molecular weight is 223 g/mol. The predicted octanol–water partition coefficient (Wildman–Crippen LogP) is 2.66. The molecule has 88 valence electrons. The van der Waals surface area contributed by atoms with Gasteiger partial charge in [0.05, 0.1) is 0 Å². The number of carbonyl (C=O) groups is 1. The lowest BCUT2D eigenvalue weighted by Gasteiger charge is -2.19. The molecule has 1 N–H and O–H groups in total. The van der Waals surface area contributed by atoms with E-state index < -0.39 is 18.1 Å². The summed E-state index contributed by atoms with van der Waals surface area (Å²) in [5.41, 5.74) is 0. The van der Waals surface area contributed by atoms with E-state index in [4.69, 9.17) is 0 Å². The molecule has 1 atom stereocenters. The monoisotopic (exact) mass is 223 g/mol. The lowest BCUT2D eigenvalue weighted by atomic mass is 10.0. The second-order valence-corrected chi connectivity index (χ2v) is 3.58. The van der Waals surface area contributed by atoms with Gasteiger partial charge < -0.3 is 5.32 Å². The van der Waals surface area contributed by atoms with Gasteiger partial charge in [0.25, 0.3) is 0 Å². The number of rotatable bonds is 4. The number of hydrogen-bond acceptors (Lipinski definition) is 1. The maximum absolute atomic E-state index is 12.0. The maximum atomic E-state index is 12.0. The lowest BCUT2D eigenvalue weighted by molar-refractivity contribution is -0.174. The summed E-state index contributed by atoms with van der Waals surface area (Å²) in [7, 11) is 0. The Morgan fingerprint density at radius 2 is 1.93 bits per heavy atom. The fraction of sp³-hybridized carbons (Fsp3) is 0.700. The van der Waals surface area contributed by atoms with Crippen molar-refractivity contribution in [2.24, 2.45) is 5.92 Å². The average Bonchev–Trinajstić information content (AvgIpc) is 2.09. The molecule has 0 radical (unpaired) electrons. The van der Waals surface area contributed by atoms with E-state index in [0.717, 1.165) is 6.42 Å². The summed E-state index contributed by atoms with van der Waals surface area (Å²) in [5.74, 6) is -1.96. The highest BCUT2D eigenvalue weighted by Crippen LogP contribution is 2.16. The third kappa shape index (κ3) is 5.44. The topological polar surface area (TPSA) is 29.1 Å². The first-order valence-corrected chi connectivity index (χ1v) is 4.83. The Morgan fingerprint density at radius 3 is 2.27 bits per heavy atom. The van der Waals surface area contributed by atoms with Gasteiger partial charge in [0.1, 0.15) is 0 Å². The van der Waals surface area contributed by atoms with Crippen LogP contribution in [0.5, 0.6) is 0 Å². The number of allylic oxidation sites excluding steroid dienone is 1. The zero-order valence-corrected chi connectivity index (χ0v) is 9.06. The summed E-state index contributed by atoms with van der Waals surface area (Å²) in [6.45, 7) is 5.38. The molecule has 0 aromatic heterocycles. The molecule has 0 bridgehead atoms. The van der Waals surface area contributed by atoms with Gasteiger partial charge in [-0.05, 0) is 12.3 Å². The van der Waals surface area contributed by atoms with Crippen molar-refractivity contribution in [1.29, 1.82) is 0 Å². The van der Waals surface area contributed by atoms with Crippen LogP contribution in [0.25, 0.3) is 0 Å². The van der Waals surface area contributed by atoms with Crippen LogP contribution in [-0.2, 0) is 4.79 Å². The number of halogens is 3. The van der Waals surface area contributed by atoms with Crippen molar-refractivity contribution in [2.45, 2.75) is 39.4 Å². The van der Waals surface area contributed by atoms with Crippen LogP contribution in [0.15, 0.2) is 12.2 Å². The minimum Gasteiger partial charge on any atom is -0.342 e. The SMILES string of the molecule is CC/C=C/[C@H](NC(=O)C(F)(F)F)C(C)C. The van der Waals surface area contributed by atoms with Gasteiger partial charge in [0.15, 0.2) is 0 Å². The van der Waals surface area contributed by atoms with Crippen LogP contribution in [0.3, 0.4) is 0 Å². The van der Waals surface area contributed by atoms with E-state index in [0.29, 0.717) is 0 Å². The summed E-state index contributed by atoms with van der Waals surface area (Å²) in [5, 5.41) is 1.94. The quantitative estimate of drug-likeness (QED) is 0.729. The van der Waals surface area contributed by atoms with E-state index in [-0.39, 0.29) is 5.92 Å². The van der Waals surface area contributed by atoms with Gasteiger partial charge in [-0.25, -0.2) is 0 Å². The first kappa shape index (κ1) is 14.0. The standard InChI is InChI=1S/C10H16F3NO/c1-4-5-6-8(7(2)3)14-9(15)10(11,12)13/h5-8H,4H2,1-3H3,(H,14,15)/b6-5+/t8-/m0/s1. The second-order valence-electron chi connectivity index (χ2n) is 3.58. The summed E-state index contributed by atoms with van der Waals surface area (Å²) in [4.78, 5) is 10.7. The zero-order valence-electron chi connectivity index (χ0n) is 9.06. The number of nitrogens with one attached hydrogen (secondary N) is 1. The van der Waals surface area contributed by atoms with Gasteiger partial charge in [0, 0.05) is 6.04 Å². The molecule has 0 fully saturated rings. The third-order valence-electron chi connectivity index (χ3n) is 1.85. The van der Waals surface area contributed by atoms with Gasteiger partial charge in [-0.15, -0.1) is 0 Å². The van der Waals surface area contributed by atoms with Crippen LogP contribution in [0.4, 0.5) is 13.2 Å². The molecule has 0 spiro atoms. The van der Waals surface area contributed by atoms with Crippen molar-refractivity contribution in [3.63, 3.8) is 0 Å². The lowest BCUT2D eigenvalue weighted by Crippen LogP contribution is -2.44. The molecular formula is C10H16F3NO. The van der Waals surface area contributed by atoms with Gasteiger partial charge in [-0.3, -0.25) is 4.79 Å². The third-order valence-corrected chi connectivity index (χ3v) is 1.85. The van der Waals surface area contributed by atoms with Crippen molar-refractivity contribution >= 4 is 5.91 Å². The Labute approximate surface area is 87.5 Å². The fourth-order valence-electron chi connectivity index (χ4n) is 0.953. The van der Waals surface area contributed by atoms with Crippen molar-refractivity contribution in [1.82, 2.24) is 5.32 Å². The van der Waals surface area contributed by atoms with Gasteiger partial charge in [-0.1, -0.05) is 32.9 Å². The minimum atomic E-state index is -4.81. The highest BCUT2D eigenvalue weighted by atomic mass is 19.4. The van der Waals surface area contributed by atoms with Crippen LogP contribution < -0.4 is 5.32 Å². The van der Waals surface area contributed by atoms with Crippen molar-refractivity contribution in [3.8, 4) is 0 Å². The van der Waals surface area contributed by atoms with E-state index >= 15 is 0 Å². The minimum absolute atomic E-state index is 0.0703. The molecule has 0 aliphatic rings. The summed E-state index contributed by atoms with van der Waals surface area (Å²) in [6.07, 6.45) is -0.756. The molecule has 0 unspecified atom stereocenters. The largest absolute Gasteiger partial charge is 0.471 e.